The van der Waals surface area contributed by atoms with Crippen LogP contribution in [0.25, 0.3) is 0 Å². The maximum atomic E-state index is 13.0. The average Bonchev–Trinajstić information content (AvgIpc) is 3.25. The highest BCUT2D eigenvalue weighted by atomic mass is 32.2. The lowest BCUT2D eigenvalue weighted by Crippen LogP contribution is -2.25. The predicted octanol–water partition coefficient (Wildman–Crippen LogP) is 3.73. The van der Waals surface area contributed by atoms with E-state index in [9.17, 15) is 21.6 Å². The second-order valence-corrected chi connectivity index (χ2v) is 11.4. The van der Waals surface area contributed by atoms with E-state index in [4.69, 9.17) is 4.74 Å². The van der Waals surface area contributed by atoms with Gasteiger partial charge in [0.25, 0.3) is 20.0 Å². The van der Waals surface area contributed by atoms with E-state index in [1.54, 1.807) is 24.3 Å². The summed E-state index contributed by atoms with van der Waals surface area (Å²) in [5.41, 5.74) is 2.00. The van der Waals surface area contributed by atoms with Gasteiger partial charge in [-0.15, -0.1) is 0 Å². The van der Waals surface area contributed by atoms with Crippen LogP contribution in [0.4, 0.5) is 17.1 Å². The normalized spacial score (nSPS) is 14.1. The van der Waals surface area contributed by atoms with Gasteiger partial charge in [-0.05, 0) is 67.9 Å². The summed E-state index contributed by atoms with van der Waals surface area (Å²) < 4.78 is 61.6. The molecule has 1 fully saturated rings. The Kier molecular flexibility index (Phi) is 6.73. The summed E-state index contributed by atoms with van der Waals surface area (Å²) in [5, 5.41) is 0. The van der Waals surface area contributed by atoms with E-state index in [1.165, 1.54) is 54.5 Å². The Bertz CT molecular complexity index is 1450. The second kappa shape index (κ2) is 9.59. The minimum Gasteiger partial charge on any atom is -0.495 e. The van der Waals surface area contributed by atoms with Crippen molar-refractivity contribution in [1.82, 2.24) is 0 Å². The van der Waals surface area contributed by atoms with Gasteiger partial charge in [-0.25, -0.2) is 16.8 Å². The van der Waals surface area contributed by atoms with E-state index in [1.807, 2.05) is 6.92 Å². The Hall–Kier alpha value is -3.57. The predicted molar refractivity (Wildman–Crippen MR) is 134 cm³/mol. The van der Waals surface area contributed by atoms with Crippen LogP contribution in [0, 0.1) is 6.92 Å². The lowest BCUT2D eigenvalue weighted by molar-refractivity contribution is -0.117. The van der Waals surface area contributed by atoms with E-state index in [0.29, 0.717) is 36.5 Å². The number of carbonyl (C=O) groups is 1. The zero-order valence-electron chi connectivity index (χ0n) is 19.2. The van der Waals surface area contributed by atoms with Gasteiger partial charge in [-0.3, -0.25) is 14.2 Å². The van der Waals surface area contributed by atoms with Gasteiger partial charge in [0.15, 0.2) is 0 Å². The molecular weight excluding hydrogens is 490 g/mol. The van der Waals surface area contributed by atoms with Crippen LogP contribution in [-0.2, 0) is 24.8 Å². The fourth-order valence-corrected chi connectivity index (χ4v) is 5.84. The summed E-state index contributed by atoms with van der Waals surface area (Å²) in [6.45, 7) is 2.38. The van der Waals surface area contributed by atoms with Crippen LogP contribution in [-0.4, -0.2) is 36.4 Å². The van der Waals surface area contributed by atoms with E-state index < -0.39 is 20.0 Å². The fraction of sp³-hybridized carbons (Fsp3) is 0.208. The molecule has 1 heterocycles. The Labute approximate surface area is 204 Å². The van der Waals surface area contributed by atoms with E-state index in [0.717, 1.165) is 5.56 Å². The molecule has 0 radical (unpaired) electrons. The number of nitrogens with zero attached hydrogens (tertiary/aromatic N) is 1. The first-order valence-corrected chi connectivity index (χ1v) is 13.8. The fourth-order valence-electron chi connectivity index (χ4n) is 3.70. The molecule has 1 amide bonds. The van der Waals surface area contributed by atoms with Crippen molar-refractivity contribution >= 4 is 43.0 Å². The van der Waals surface area contributed by atoms with Gasteiger partial charge in [-0.1, -0.05) is 17.7 Å². The maximum Gasteiger partial charge on any atom is 0.261 e. The molecule has 0 aromatic heterocycles. The van der Waals surface area contributed by atoms with Crippen molar-refractivity contribution in [2.45, 2.75) is 29.6 Å². The first-order chi connectivity index (χ1) is 16.6. The van der Waals surface area contributed by atoms with Gasteiger partial charge < -0.3 is 9.64 Å². The number of aryl methyl sites for hydroxylation is 1. The molecule has 1 aliphatic rings. The third kappa shape index (κ3) is 5.41. The lowest BCUT2D eigenvalue weighted by Gasteiger charge is -2.20. The van der Waals surface area contributed by atoms with Crippen molar-refractivity contribution in [1.29, 1.82) is 0 Å². The summed E-state index contributed by atoms with van der Waals surface area (Å²) in [6.07, 6.45) is 1.08. The van der Waals surface area contributed by atoms with Crippen LogP contribution >= 0.6 is 0 Å². The second-order valence-electron chi connectivity index (χ2n) is 8.08. The van der Waals surface area contributed by atoms with Gasteiger partial charge >= 0.3 is 0 Å². The number of amides is 1. The molecule has 0 unspecified atom stereocenters. The molecule has 9 nitrogen and oxygen atoms in total. The minimum atomic E-state index is -4.02. The van der Waals surface area contributed by atoms with Gasteiger partial charge in [0.2, 0.25) is 5.91 Å². The highest BCUT2D eigenvalue weighted by Crippen LogP contribution is 2.34. The molecule has 3 aromatic rings. The highest BCUT2D eigenvalue weighted by molar-refractivity contribution is 7.93. The summed E-state index contributed by atoms with van der Waals surface area (Å²) in [6, 6.07) is 16.6. The average molecular weight is 516 g/mol. The number of anilines is 3. The first-order valence-electron chi connectivity index (χ1n) is 10.8. The van der Waals surface area contributed by atoms with Gasteiger partial charge in [0.05, 0.1) is 22.6 Å². The first kappa shape index (κ1) is 24.6. The van der Waals surface area contributed by atoms with Crippen molar-refractivity contribution in [3.63, 3.8) is 0 Å². The highest BCUT2D eigenvalue weighted by Gasteiger charge is 2.27. The molecule has 11 heteroatoms. The number of hydrogen-bond acceptors (Lipinski definition) is 6. The van der Waals surface area contributed by atoms with Crippen LogP contribution in [0.2, 0.25) is 0 Å². The van der Waals surface area contributed by atoms with Crippen molar-refractivity contribution in [2.24, 2.45) is 0 Å². The molecule has 3 aromatic carbocycles. The number of benzene rings is 3. The molecule has 0 atom stereocenters. The quantitative estimate of drug-likeness (QED) is 0.471. The topological polar surface area (TPSA) is 122 Å². The van der Waals surface area contributed by atoms with Crippen LogP contribution in [0.15, 0.2) is 76.5 Å². The monoisotopic (exact) mass is 515 g/mol. The summed E-state index contributed by atoms with van der Waals surface area (Å²) in [5.74, 6) is 0.302. The number of hydrogen-bond donors (Lipinski definition) is 2. The maximum absolute atomic E-state index is 13.0. The number of carbonyl (C=O) groups excluding carboxylic acids is 1. The summed E-state index contributed by atoms with van der Waals surface area (Å²) in [4.78, 5) is 13.6. The van der Waals surface area contributed by atoms with E-state index in [2.05, 4.69) is 9.44 Å². The van der Waals surface area contributed by atoms with Crippen molar-refractivity contribution in [2.75, 3.05) is 28.0 Å². The number of nitrogens with one attached hydrogen (secondary N) is 2. The Morgan fingerprint density at radius 2 is 1.34 bits per heavy atom. The van der Waals surface area contributed by atoms with Crippen LogP contribution < -0.4 is 19.1 Å². The molecule has 2 N–H and O–H groups in total. The number of ether oxygens (including phenoxy) is 1. The largest absolute Gasteiger partial charge is 0.495 e. The molecule has 0 aliphatic carbocycles. The van der Waals surface area contributed by atoms with Gasteiger partial charge in [-0.2, -0.15) is 0 Å². The van der Waals surface area contributed by atoms with Gasteiger partial charge in [0, 0.05) is 24.3 Å². The molecule has 35 heavy (non-hydrogen) atoms. The zero-order valence-corrected chi connectivity index (χ0v) is 20.8. The molecule has 1 saturated heterocycles. The molecule has 1 aliphatic heterocycles. The van der Waals surface area contributed by atoms with Crippen molar-refractivity contribution in [3.8, 4) is 5.75 Å². The summed E-state index contributed by atoms with van der Waals surface area (Å²) in [7, 11) is -6.41. The molecule has 0 spiro atoms. The molecule has 0 bridgehead atoms. The number of methoxy groups -OCH3 is 1. The van der Waals surface area contributed by atoms with Crippen molar-refractivity contribution < 1.29 is 26.4 Å². The Balaban J connectivity index is 1.54. The molecule has 0 saturated carbocycles. The van der Waals surface area contributed by atoms with E-state index >= 15 is 0 Å². The Morgan fingerprint density at radius 3 is 1.89 bits per heavy atom. The van der Waals surface area contributed by atoms with E-state index in [-0.39, 0.29) is 21.4 Å². The van der Waals surface area contributed by atoms with Crippen molar-refractivity contribution in [3.05, 3.63) is 72.3 Å². The molecule has 184 valence electrons. The SMILES string of the molecule is COc1ccc(S(=O)(=O)Nc2ccc(S(=O)(=O)Nc3ccc(C)cc3)cc2)cc1N1CCCC1=O. The zero-order chi connectivity index (χ0) is 25.2. The van der Waals surface area contributed by atoms with Crippen LogP contribution in [0.1, 0.15) is 18.4 Å². The Morgan fingerprint density at radius 1 is 0.800 bits per heavy atom. The number of rotatable bonds is 8. The minimum absolute atomic E-state index is 0.0136. The van der Waals surface area contributed by atoms with Crippen LogP contribution in [0.3, 0.4) is 0 Å². The molecular formula is C24H25N3O6S2. The van der Waals surface area contributed by atoms with Crippen LogP contribution in [0.5, 0.6) is 5.75 Å². The summed E-state index contributed by atoms with van der Waals surface area (Å²) >= 11 is 0. The third-order valence-corrected chi connectivity index (χ3v) is 8.32. The lowest BCUT2D eigenvalue weighted by atomic mass is 10.2. The molecule has 4 rings (SSSR count). The third-order valence-electron chi connectivity index (χ3n) is 5.55. The van der Waals surface area contributed by atoms with Gasteiger partial charge in [0.1, 0.15) is 5.75 Å². The smallest absolute Gasteiger partial charge is 0.261 e. The number of sulfonamides is 2. The standard InChI is InChI=1S/C24H25N3O6S2/c1-17-5-7-18(8-6-17)25-34(29,30)20-11-9-19(10-12-20)26-35(31,32)21-13-14-23(33-2)22(16-21)27-15-3-4-24(27)28/h5-14,16,25-26H,3-4,15H2,1-2H3.